The van der Waals surface area contributed by atoms with Gasteiger partial charge in [0.1, 0.15) is 5.75 Å². The van der Waals surface area contributed by atoms with Crippen molar-refractivity contribution in [1.82, 2.24) is 0 Å². The van der Waals surface area contributed by atoms with Crippen LogP contribution in [0.3, 0.4) is 0 Å². The molecular formula is C15H9NO4. The van der Waals surface area contributed by atoms with E-state index in [1.54, 1.807) is 18.2 Å². The average molecular weight is 267 g/mol. The standard InChI is InChI=1S/C15H9NO4/c16-6-9-3-12(15-14(4-9)19-8-20-15)10-1-2-11(7-17)13(18)5-10/h1-5,7,18H,8H2. The van der Waals surface area contributed by atoms with Gasteiger partial charge in [0.15, 0.2) is 17.8 Å². The van der Waals surface area contributed by atoms with Crippen LogP contribution in [-0.4, -0.2) is 18.2 Å². The Morgan fingerprint density at radius 3 is 2.80 bits per heavy atom. The second kappa shape index (κ2) is 4.59. The number of phenols is 1. The van der Waals surface area contributed by atoms with E-state index in [0.29, 0.717) is 34.5 Å². The van der Waals surface area contributed by atoms with Crippen molar-refractivity contribution < 1.29 is 19.4 Å². The molecule has 0 spiro atoms. The van der Waals surface area contributed by atoms with E-state index < -0.39 is 0 Å². The zero-order chi connectivity index (χ0) is 14.1. The molecule has 5 heteroatoms. The van der Waals surface area contributed by atoms with Gasteiger partial charge in [-0.15, -0.1) is 0 Å². The highest BCUT2D eigenvalue weighted by Gasteiger charge is 2.21. The summed E-state index contributed by atoms with van der Waals surface area (Å²) in [6.07, 6.45) is 0.578. The molecule has 0 unspecified atom stereocenters. The highest BCUT2D eigenvalue weighted by Crippen LogP contribution is 2.43. The summed E-state index contributed by atoms with van der Waals surface area (Å²) in [6, 6.07) is 9.96. The number of carbonyl (C=O) groups excluding carboxylic acids is 1. The van der Waals surface area contributed by atoms with Gasteiger partial charge < -0.3 is 14.6 Å². The summed E-state index contributed by atoms with van der Waals surface area (Å²) >= 11 is 0. The van der Waals surface area contributed by atoms with Crippen LogP contribution < -0.4 is 9.47 Å². The maximum atomic E-state index is 10.7. The largest absolute Gasteiger partial charge is 0.507 e. The molecule has 0 aromatic heterocycles. The third-order valence-corrected chi connectivity index (χ3v) is 3.07. The van der Waals surface area contributed by atoms with E-state index in [-0.39, 0.29) is 18.1 Å². The van der Waals surface area contributed by atoms with E-state index in [4.69, 9.17) is 14.7 Å². The molecule has 0 fully saturated rings. The maximum absolute atomic E-state index is 10.7. The molecule has 0 atom stereocenters. The third-order valence-electron chi connectivity index (χ3n) is 3.07. The Balaban J connectivity index is 2.19. The van der Waals surface area contributed by atoms with Crippen LogP contribution in [0.2, 0.25) is 0 Å². The predicted molar refractivity (Wildman–Crippen MR) is 69.8 cm³/mol. The van der Waals surface area contributed by atoms with Crippen molar-refractivity contribution in [2.45, 2.75) is 0 Å². The molecule has 0 bridgehead atoms. The Hall–Kier alpha value is -3.00. The first-order valence-electron chi connectivity index (χ1n) is 5.85. The highest BCUT2D eigenvalue weighted by molar-refractivity contribution is 5.83. The number of aromatic hydroxyl groups is 1. The third kappa shape index (κ3) is 1.84. The number of hydrogen-bond acceptors (Lipinski definition) is 5. The molecule has 0 saturated heterocycles. The molecule has 1 N–H and O–H groups in total. The summed E-state index contributed by atoms with van der Waals surface area (Å²) < 4.78 is 10.7. The SMILES string of the molecule is N#Cc1cc2c(c(-c3ccc(C=O)c(O)c3)c1)OCO2. The van der Waals surface area contributed by atoms with E-state index in [0.717, 1.165) is 0 Å². The quantitative estimate of drug-likeness (QED) is 0.845. The molecule has 0 saturated carbocycles. The fraction of sp³-hybridized carbons (Fsp3) is 0.0667. The van der Waals surface area contributed by atoms with Crippen molar-refractivity contribution in [3.63, 3.8) is 0 Å². The second-order valence-corrected chi connectivity index (χ2v) is 4.26. The van der Waals surface area contributed by atoms with Gasteiger partial charge in [0, 0.05) is 11.6 Å². The summed E-state index contributed by atoms with van der Waals surface area (Å²) in [4.78, 5) is 10.7. The Kier molecular flexibility index (Phi) is 2.77. The molecule has 0 aliphatic carbocycles. The van der Waals surface area contributed by atoms with E-state index in [1.807, 2.05) is 6.07 Å². The molecule has 5 nitrogen and oxygen atoms in total. The topological polar surface area (TPSA) is 79.6 Å². The second-order valence-electron chi connectivity index (χ2n) is 4.26. The zero-order valence-electron chi connectivity index (χ0n) is 10.3. The minimum Gasteiger partial charge on any atom is -0.507 e. The Morgan fingerprint density at radius 1 is 1.25 bits per heavy atom. The minimum absolute atomic E-state index is 0.0929. The van der Waals surface area contributed by atoms with Gasteiger partial charge >= 0.3 is 0 Å². The molecule has 0 radical (unpaired) electrons. The number of rotatable bonds is 2. The normalized spacial score (nSPS) is 11.9. The van der Waals surface area contributed by atoms with E-state index in [9.17, 15) is 9.90 Å². The van der Waals surface area contributed by atoms with Crippen molar-refractivity contribution in [2.24, 2.45) is 0 Å². The molecule has 20 heavy (non-hydrogen) atoms. The van der Waals surface area contributed by atoms with E-state index in [1.165, 1.54) is 12.1 Å². The molecule has 1 heterocycles. The molecule has 98 valence electrons. The first kappa shape index (κ1) is 12.1. The predicted octanol–water partition coefficient (Wildman–Crippen LogP) is 2.47. The molecule has 2 aromatic rings. The lowest BCUT2D eigenvalue weighted by Crippen LogP contribution is -1.93. The van der Waals surface area contributed by atoms with Gasteiger partial charge in [0.25, 0.3) is 0 Å². The van der Waals surface area contributed by atoms with Gasteiger partial charge in [-0.05, 0) is 23.8 Å². The van der Waals surface area contributed by atoms with Gasteiger partial charge in [0.2, 0.25) is 6.79 Å². The van der Waals surface area contributed by atoms with Gasteiger partial charge in [-0.25, -0.2) is 0 Å². The van der Waals surface area contributed by atoms with Crippen LogP contribution in [0, 0.1) is 11.3 Å². The summed E-state index contributed by atoms with van der Waals surface area (Å²) in [5.74, 6) is 0.910. The van der Waals surface area contributed by atoms with Crippen molar-refractivity contribution in [3.05, 3.63) is 41.5 Å². The molecular weight excluding hydrogens is 258 g/mol. The fourth-order valence-electron chi connectivity index (χ4n) is 2.10. The average Bonchev–Trinajstić information content (AvgIpc) is 2.94. The number of fused-ring (bicyclic) bond motifs is 1. The van der Waals surface area contributed by atoms with E-state index in [2.05, 4.69) is 0 Å². The van der Waals surface area contributed by atoms with Crippen LogP contribution in [0.5, 0.6) is 17.2 Å². The number of benzene rings is 2. The van der Waals surface area contributed by atoms with Crippen molar-refractivity contribution in [1.29, 1.82) is 5.26 Å². The van der Waals surface area contributed by atoms with E-state index >= 15 is 0 Å². The lowest BCUT2D eigenvalue weighted by molar-refractivity contribution is 0.112. The number of aldehydes is 1. The first-order chi connectivity index (χ1) is 9.72. The molecule has 1 aliphatic heterocycles. The number of ether oxygens (including phenoxy) is 2. The van der Waals surface area contributed by atoms with Gasteiger partial charge in [-0.1, -0.05) is 6.07 Å². The number of phenolic OH excluding ortho intramolecular Hbond substituents is 1. The molecule has 1 aliphatic rings. The van der Waals surface area contributed by atoms with Crippen LogP contribution in [0.1, 0.15) is 15.9 Å². The van der Waals surface area contributed by atoms with Gasteiger partial charge in [-0.3, -0.25) is 4.79 Å². The number of carbonyl (C=O) groups is 1. The summed E-state index contributed by atoms with van der Waals surface area (Å²) in [7, 11) is 0. The lowest BCUT2D eigenvalue weighted by atomic mass is 10.00. The monoisotopic (exact) mass is 267 g/mol. The fourth-order valence-corrected chi connectivity index (χ4v) is 2.10. The summed E-state index contributed by atoms with van der Waals surface area (Å²) in [5, 5.41) is 18.8. The first-order valence-corrected chi connectivity index (χ1v) is 5.85. The lowest BCUT2D eigenvalue weighted by Gasteiger charge is -2.08. The maximum Gasteiger partial charge on any atom is 0.231 e. The zero-order valence-corrected chi connectivity index (χ0v) is 10.3. The van der Waals surface area contributed by atoms with Crippen LogP contribution in [-0.2, 0) is 0 Å². The Morgan fingerprint density at radius 2 is 2.10 bits per heavy atom. The Bertz CT molecular complexity index is 746. The molecule has 0 amide bonds. The summed E-state index contributed by atoms with van der Waals surface area (Å²) in [5.41, 5.74) is 1.93. The number of nitrogens with zero attached hydrogens (tertiary/aromatic N) is 1. The van der Waals surface area contributed by atoms with Crippen molar-refractivity contribution in [2.75, 3.05) is 6.79 Å². The van der Waals surface area contributed by atoms with Crippen LogP contribution >= 0.6 is 0 Å². The molecule has 2 aromatic carbocycles. The van der Waals surface area contributed by atoms with Gasteiger partial charge in [-0.2, -0.15) is 5.26 Å². The minimum atomic E-state index is -0.118. The smallest absolute Gasteiger partial charge is 0.231 e. The Labute approximate surface area is 114 Å². The summed E-state index contributed by atoms with van der Waals surface area (Å²) in [6.45, 7) is 0.0929. The van der Waals surface area contributed by atoms with Crippen LogP contribution in [0.15, 0.2) is 30.3 Å². The number of hydrogen-bond donors (Lipinski definition) is 1. The van der Waals surface area contributed by atoms with Crippen LogP contribution in [0.4, 0.5) is 0 Å². The molecule has 3 rings (SSSR count). The van der Waals surface area contributed by atoms with Gasteiger partial charge in [0.05, 0.1) is 17.2 Å². The van der Waals surface area contributed by atoms with Crippen molar-refractivity contribution in [3.8, 4) is 34.4 Å². The van der Waals surface area contributed by atoms with Crippen molar-refractivity contribution >= 4 is 6.29 Å². The highest BCUT2D eigenvalue weighted by atomic mass is 16.7. The number of nitriles is 1. The van der Waals surface area contributed by atoms with Crippen LogP contribution in [0.25, 0.3) is 11.1 Å².